The smallest absolute Gasteiger partial charge is 0.305 e. The number of H-pyrrole nitrogens is 1. The fraction of sp³-hybridized carbons (Fsp3) is 0.235. The number of imidazole rings is 1. The predicted octanol–water partition coefficient (Wildman–Crippen LogP) is 2.48. The first kappa shape index (κ1) is 14.4. The van der Waals surface area contributed by atoms with Crippen LogP contribution in [0.4, 0.5) is 0 Å². The Bertz CT molecular complexity index is 955. The minimum atomic E-state index is -1.28. The van der Waals surface area contributed by atoms with Gasteiger partial charge in [0.05, 0.1) is 21.6 Å². The van der Waals surface area contributed by atoms with E-state index in [1.807, 2.05) is 36.4 Å². The van der Waals surface area contributed by atoms with Gasteiger partial charge in [0.15, 0.2) is 0 Å². The molecule has 1 saturated carbocycles. The van der Waals surface area contributed by atoms with E-state index in [1.54, 1.807) is 16.7 Å². The lowest BCUT2D eigenvalue weighted by atomic mass is 10.3. The molecule has 23 heavy (non-hydrogen) atoms. The fourth-order valence-electron chi connectivity index (χ4n) is 2.60. The molecule has 0 bridgehead atoms. The molecule has 118 valence electrons. The van der Waals surface area contributed by atoms with Gasteiger partial charge in [-0.1, -0.05) is 18.2 Å². The number of nitrogens with one attached hydrogen (secondary N) is 2. The molecule has 1 aliphatic rings. The third-order valence-electron chi connectivity index (χ3n) is 4.22. The number of aromatic nitrogens is 2. The van der Waals surface area contributed by atoms with E-state index in [-0.39, 0.29) is 11.2 Å². The van der Waals surface area contributed by atoms with E-state index in [0.717, 1.165) is 29.6 Å². The molecule has 3 aromatic rings. The van der Waals surface area contributed by atoms with Gasteiger partial charge in [-0.2, -0.15) is 0 Å². The summed E-state index contributed by atoms with van der Waals surface area (Å²) in [5, 5.41) is 0. The molecule has 4 rings (SSSR count). The Morgan fingerprint density at radius 2 is 1.91 bits per heavy atom. The molecule has 1 atom stereocenters. The highest BCUT2D eigenvalue weighted by molar-refractivity contribution is 7.83. The number of para-hydroxylation sites is 1. The van der Waals surface area contributed by atoms with Crippen LogP contribution in [0.3, 0.4) is 0 Å². The Morgan fingerprint density at radius 3 is 2.61 bits per heavy atom. The van der Waals surface area contributed by atoms with Gasteiger partial charge in [-0.05, 0) is 50.1 Å². The average Bonchev–Trinajstić information content (AvgIpc) is 3.17. The molecule has 1 unspecified atom stereocenters. The van der Waals surface area contributed by atoms with Gasteiger partial charge in [0, 0.05) is 5.54 Å². The Balaban J connectivity index is 1.81. The van der Waals surface area contributed by atoms with Crippen molar-refractivity contribution >= 4 is 22.0 Å². The number of nitrogens with zero attached hydrogens (tertiary/aromatic N) is 1. The normalized spacial score (nSPS) is 17.3. The quantitative estimate of drug-likeness (QED) is 0.773. The monoisotopic (exact) mass is 327 g/mol. The van der Waals surface area contributed by atoms with E-state index in [1.165, 1.54) is 0 Å². The van der Waals surface area contributed by atoms with E-state index in [9.17, 15) is 9.00 Å². The second kappa shape index (κ2) is 5.18. The van der Waals surface area contributed by atoms with Crippen molar-refractivity contribution in [2.24, 2.45) is 0 Å². The van der Waals surface area contributed by atoms with Gasteiger partial charge in [0.2, 0.25) is 0 Å². The Kier molecular flexibility index (Phi) is 3.25. The molecule has 0 spiro atoms. The van der Waals surface area contributed by atoms with Gasteiger partial charge < -0.3 is 4.98 Å². The molecular weight excluding hydrogens is 310 g/mol. The molecule has 1 aliphatic carbocycles. The van der Waals surface area contributed by atoms with E-state index in [0.29, 0.717) is 4.90 Å². The minimum Gasteiger partial charge on any atom is -0.305 e. The third kappa shape index (κ3) is 2.64. The lowest BCUT2D eigenvalue weighted by molar-refractivity contribution is 0.635. The molecular formula is C17H17N3O2S. The highest BCUT2D eigenvalue weighted by Gasteiger charge is 2.38. The molecule has 5 nitrogen and oxygen atoms in total. The van der Waals surface area contributed by atoms with Crippen molar-refractivity contribution in [2.75, 3.05) is 0 Å². The molecule has 1 aromatic heterocycles. The van der Waals surface area contributed by atoms with Crippen molar-refractivity contribution in [1.82, 2.24) is 14.3 Å². The molecule has 0 aliphatic heterocycles. The zero-order valence-corrected chi connectivity index (χ0v) is 13.5. The summed E-state index contributed by atoms with van der Waals surface area (Å²) in [7, 11) is -1.28. The highest BCUT2D eigenvalue weighted by Crippen LogP contribution is 2.35. The molecule has 1 heterocycles. The number of benzene rings is 2. The van der Waals surface area contributed by atoms with Crippen molar-refractivity contribution in [1.29, 1.82) is 0 Å². The Hall–Kier alpha value is -2.18. The van der Waals surface area contributed by atoms with Crippen LogP contribution >= 0.6 is 0 Å². The van der Waals surface area contributed by atoms with Crippen LogP contribution in [0.1, 0.15) is 19.8 Å². The van der Waals surface area contributed by atoms with Crippen LogP contribution in [0.15, 0.2) is 58.2 Å². The van der Waals surface area contributed by atoms with Crippen LogP contribution in [0.5, 0.6) is 0 Å². The average molecular weight is 327 g/mol. The topological polar surface area (TPSA) is 66.9 Å². The van der Waals surface area contributed by atoms with Gasteiger partial charge in [-0.15, -0.1) is 0 Å². The SMILES string of the molecule is CC1(NS(=O)c2ccc3[nH]c(=O)n(-c4ccccc4)c3c2)CC1. The minimum absolute atomic E-state index is 0.0168. The number of rotatable bonds is 4. The lowest BCUT2D eigenvalue weighted by Gasteiger charge is -2.11. The van der Waals surface area contributed by atoms with Gasteiger partial charge in [-0.25, -0.2) is 13.7 Å². The molecule has 0 amide bonds. The standard InChI is InChI=1S/C17H17N3O2S/c1-17(9-10-17)19-23(22)13-7-8-14-15(11-13)20(16(21)18-14)12-5-3-2-4-6-12/h2-8,11,19H,9-10H2,1H3,(H,18,21). The highest BCUT2D eigenvalue weighted by atomic mass is 32.2. The Labute approximate surface area is 135 Å². The third-order valence-corrected chi connectivity index (χ3v) is 5.58. The van der Waals surface area contributed by atoms with Crippen LogP contribution in [0.25, 0.3) is 16.7 Å². The second-order valence-corrected chi connectivity index (χ2v) is 7.42. The largest absolute Gasteiger partial charge is 0.331 e. The van der Waals surface area contributed by atoms with Crippen molar-refractivity contribution in [3.63, 3.8) is 0 Å². The summed E-state index contributed by atoms with van der Waals surface area (Å²) in [5.41, 5.74) is 2.04. The van der Waals surface area contributed by atoms with E-state index in [4.69, 9.17) is 0 Å². The van der Waals surface area contributed by atoms with Crippen molar-refractivity contribution in [3.8, 4) is 5.69 Å². The van der Waals surface area contributed by atoms with Gasteiger partial charge >= 0.3 is 5.69 Å². The number of fused-ring (bicyclic) bond motifs is 1. The Morgan fingerprint density at radius 1 is 1.17 bits per heavy atom. The van der Waals surface area contributed by atoms with Crippen LogP contribution in [0, 0.1) is 0 Å². The summed E-state index contributed by atoms with van der Waals surface area (Å²) in [6.45, 7) is 2.07. The maximum atomic E-state index is 12.5. The van der Waals surface area contributed by atoms with Gasteiger partial charge in [-0.3, -0.25) is 4.57 Å². The predicted molar refractivity (Wildman–Crippen MR) is 91.1 cm³/mol. The van der Waals surface area contributed by atoms with Gasteiger partial charge in [0.1, 0.15) is 11.0 Å². The number of hydrogen-bond donors (Lipinski definition) is 2. The molecule has 6 heteroatoms. The number of hydrogen-bond acceptors (Lipinski definition) is 2. The first-order valence-corrected chi connectivity index (χ1v) is 8.71. The molecule has 0 radical (unpaired) electrons. The summed E-state index contributed by atoms with van der Waals surface area (Å²) in [4.78, 5) is 15.8. The fourth-order valence-corrected chi connectivity index (χ4v) is 3.78. The summed E-state index contributed by atoms with van der Waals surface area (Å²) in [5.74, 6) is 0. The first-order chi connectivity index (χ1) is 11.1. The summed E-state index contributed by atoms with van der Waals surface area (Å²) in [6.07, 6.45) is 2.08. The van der Waals surface area contributed by atoms with Crippen LogP contribution in [-0.4, -0.2) is 19.3 Å². The van der Waals surface area contributed by atoms with Gasteiger partial charge in [0.25, 0.3) is 0 Å². The maximum absolute atomic E-state index is 12.5. The van der Waals surface area contributed by atoms with Crippen molar-refractivity contribution in [3.05, 3.63) is 59.0 Å². The molecule has 2 aromatic carbocycles. The second-order valence-electron chi connectivity index (χ2n) is 6.21. The van der Waals surface area contributed by atoms with Crippen molar-refractivity contribution in [2.45, 2.75) is 30.2 Å². The number of aromatic amines is 1. The van der Waals surface area contributed by atoms with Crippen molar-refractivity contribution < 1.29 is 4.21 Å². The van der Waals surface area contributed by atoms with Crippen LogP contribution in [-0.2, 0) is 11.0 Å². The molecule has 1 fully saturated rings. The lowest BCUT2D eigenvalue weighted by Crippen LogP contribution is -2.29. The molecule has 0 saturated heterocycles. The van der Waals surface area contributed by atoms with E-state index < -0.39 is 11.0 Å². The van der Waals surface area contributed by atoms with Crippen LogP contribution < -0.4 is 10.4 Å². The summed E-state index contributed by atoms with van der Waals surface area (Å²) >= 11 is 0. The van der Waals surface area contributed by atoms with E-state index in [2.05, 4.69) is 16.6 Å². The zero-order chi connectivity index (χ0) is 16.0. The van der Waals surface area contributed by atoms with E-state index >= 15 is 0 Å². The maximum Gasteiger partial charge on any atom is 0.331 e. The summed E-state index contributed by atoms with van der Waals surface area (Å²) < 4.78 is 17.3. The zero-order valence-electron chi connectivity index (χ0n) is 12.7. The summed E-state index contributed by atoms with van der Waals surface area (Å²) in [6, 6.07) is 14.8. The van der Waals surface area contributed by atoms with Crippen LogP contribution in [0.2, 0.25) is 0 Å². The first-order valence-electron chi connectivity index (χ1n) is 7.56. The molecule has 2 N–H and O–H groups in total.